The van der Waals surface area contributed by atoms with E-state index < -0.39 is 0 Å². The van der Waals surface area contributed by atoms with E-state index in [9.17, 15) is 0 Å². The van der Waals surface area contributed by atoms with E-state index in [0.29, 0.717) is 0 Å². The van der Waals surface area contributed by atoms with Gasteiger partial charge in [0.15, 0.2) is 0 Å². The Morgan fingerprint density at radius 2 is 1.95 bits per heavy atom. The fourth-order valence-corrected chi connectivity index (χ4v) is 2.07. The molecule has 1 aromatic rings. The zero-order chi connectivity index (χ0) is 14.3. The molecule has 0 aliphatic rings. The first kappa shape index (κ1) is 16.0. The van der Waals surface area contributed by atoms with Gasteiger partial charge in [0.05, 0.1) is 26.3 Å². The highest BCUT2D eigenvalue weighted by Crippen LogP contribution is 2.33. The minimum Gasteiger partial charge on any atom is -0.493 e. The van der Waals surface area contributed by atoms with Gasteiger partial charge in [-0.25, -0.2) is 0 Å². The largest absolute Gasteiger partial charge is 0.493 e. The maximum atomic E-state index is 8.70. The van der Waals surface area contributed by atoms with Crippen molar-refractivity contribution in [1.29, 1.82) is 0 Å². The van der Waals surface area contributed by atoms with Crippen molar-refractivity contribution in [2.75, 3.05) is 26.3 Å². The van der Waals surface area contributed by atoms with E-state index in [0.717, 1.165) is 31.9 Å². The smallest absolute Gasteiger partial charge is 0.125 e. The topological polar surface area (TPSA) is 46.1 Å². The first-order valence-electron chi connectivity index (χ1n) is 7.12. The zero-order valence-corrected chi connectivity index (χ0v) is 12.7. The lowest BCUT2D eigenvalue weighted by atomic mass is 9.85. The first-order valence-corrected chi connectivity index (χ1v) is 7.12. The van der Waals surface area contributed by atoms with Gasteiger partial charge in [0.25, 0.3) is 0 Å². The maximum Gasteiger partial charge on any atom is 0.125 e. The molecule has 0 aliphatic carbocycles. The average Bonchev–Trinajstić information content (AvgIpc) is 2.33. The van der Waals surface area contributed by atoms with Gasteiger partial charge in [0, 0.05) is 6.42 Å². The van der Waals surface area contributed by atoms with Crippen LogP contribution in [0.3, 0.4) is 0 Å². The molecule has 108 valence electrons. The predicted molar refractivity (Wildman–Crippen MR) is 78.7 cm³/mol. The molecular weight excluding hydrogens is 238 g/mol. The summed E-state index contributed by atoms with van der Waals surface area (Å²) in [6.07, 6.45) is 0.998. The summed E-state index contributed by atoms with van der Waals surface area (Å²) >= 11 is 0. The van der Waals surface area contributed by atoms with E-state index >= 15 is 0 Å². The summed E-state index contributed by atoms with van der Waals surface area (Å²) in [5.74, 6) is 1.04. The van der Waals surface area contributed by atoms with E-state index in [-0.39, 0.29) is 12.0 Å². The van der Waals surface area contributed by atoms with Crippen molar-refractivity contribution >= 4 is 0 Å². The number of hydrogen-bond donors (Lipinski definition) is 2. The van der Waals surface area contributed by atoms with Crippen molar-refractivity contribution in [3.05, 3.63) is 29.3 Å². The summed E-state index contributed by atoms with van der Waals surface area (Å²) in [5, 5.41) is 10.8. The van der Waals surface area contributed by atoms with Crippen molar-refractivity contribution < 1.29 is 15.2 Å². The van der Waals surface area contributed by atoms with Gasteiger partial charge >= 0.3 is 0 Å². The predicted octanol–water partition coefficient (Wildman–Crippen LogP) is 1.62. The summed E-state index contributed by atoms with van der Waals surface area (Å²) in [5.41, 5.74) is 2.57. The lowest BCUT2D eigenvalue weighted by molar-refractivity contribution is -0.656. The van der Waals surface area contributed by atoms with Crippen molar-refractivity contribution in [2.45, 2.75) is 39.5 Å². The molecule has 0 bridgehead atoms. The highest BCUT2D eigenvalue weighted by atomic mass is 16.5. The van der Waals surface area contributed by atoms with Gasteiger partial charge in [-0.2, -0.15) is 0 Å². The van der Waals surface area contributed by atoms with Gasteiger partial charge in [-0.05, 0) is 23.5 Å². The second-order valence-electron chi connectivity index (χ2n) is 5.99. The Bertz CT molecular complexity index is 383. The Morgan fingerprint density at radius 3 is 2.58 bits per heavy atom. The van der Waals surface area contributed by atoms with Crippen LogP contribution in [0.4, 0.5) is 0 Å². The van der Waals surface area contributed by atoms with Crippen LogP contribution in [-0.2, 0) is 5.41 Å². The zero-order valence-electron chi connectivity index (χ0n) is 12.7. The van der Waals surface area contributed by atoms with Crippen LogP contribution in [0, 0.1) is 6.92 Å². The summed E-state index contributed by atoms with van der Waals surface area (Å²) in [4.78, 5) is 0. The average molecular weight is 266 g/mol. The summed E-state index contributed by atoms with van der Waals surface area (Å²) in [7, 11) is 0. The van der Waals surface area contributed by atoms with E-state index in [2.05, 4.69) is 51.2 Å². The van der Waals surface area contributed by atoms with Crippen molar-refractivity contribution in [1.82, 2.24) is 0 Å². The van der Waals surface area contributed by atoms with Crippen LogP contribution in [0.15, 0.2) is 18.2 Å². The van der Waals surface area contributed by atoms with Crippen LogP contribution in [0.1, 0.15) is 38.3 Å². The molecule has 3 nitrogen and oxygen atoms in total. The number of aliphatic hydroxyl groups is 1. The number of ether oxygens (including phenoxy) is 1. The molecule has 1 aromatic carbocycles. The number of hydrogen-bond acceptors (Lipinski definition) is 2. The molecule has 0 spiro atoms. The van der Waals surface area contributed by atoms with E-state index in [1.165, 1.54) is 11.1 Å². The lowest BCUT2D eigenvalue weighted by Gasteiger charge is -2.24. The Balaban J connectivity index is 2.57. The molecule has 0 saturated heterocycles. The SMILES string of the molecule is Cc1cccc(C(C)(C)C)c1OCCC[NH2+]CCO. The quantitative estimate of drug-likeness (QED) is 0.737. The fraction of sp³-hybridized carbons (Fsp3) is 0.625. The molecular formula is C16H28NO2+. The van der Waals surface area contributed by atoms with Crippen molar-refractivity contribution in [2.24, 2.45) is 0 Å². The van der Waals surface area contributed by atoms with Gasteiger partial charge in [0.2, 0.25) is 0 Å². The van der Waals surface area contributed by atoms with Crippen LogP contribution in [-0.4, -0.2) is 31.4 Å². The minimum atomic E-state index is 0.102. The Hall–Kier alpha value is -1.06. The van der Waals surface area contributed by atoms with Crippen LogP contribution in [0.25, 0.3) is 0 Å². The van der Waals surface area contributed by atoms with Crippen LogP contribution in [0.2, 0.25) is 0 Å². The van der Waals surface area contributed by atoms with E-state index in [4.69, 9.17) is 9.84 Å². The maximum absolute atomic E-state index is 8.70. The molecule has 0 atom stereocenters. The minimum absolute atomic E-state index is 0.102. The molecule has 3 heteroatoms. The molecule has 0 unspecified atom stereocenters. The van der Waals surface area contributed by atoms with Crippen LogP contribution in [0.5, 0.6) is 5.75 Å². The number of aliphatic hydroxyl groups excluding tert-OH is 1. The number of quaternary nitrogens is 1. The molecule has 0 aliphatic heterocycles. The fourth-order valence-electron chi connectivity index (χ4n) is 2.07. The molecule has 0 heterocycles. The third kappa shape index (κ3) is 5.21. The summed E-state index contributed by atoms with van der Waals surface area (Å²) < 4.78 is 5.99. The second-order valence-corrected chi connectivity index (χ2v) is 5.99. The monoisotopic (exact) mass is 266 g/mol. The number of benzene rings is 1. The lowest BCUT2D eigenvalue weighted by Crippen LogP contribution is -2.85. The molecule has 3 N–H and O–H groups in total. The molecule has 0 saturated carbocycles. The number of rotatable bonds is 7. The highest BCUT2D eigenvalue weighted by molar-refractivity contribution is 5.44. The molecule has 1 rings (SSSR count). The summed E-state index contributed by atoms with van der Waals surface area (Å²) in [6, 6.07) is 6.35. The van der Waals surface area contributed by atoms with E-state index in [1.807, 2.05) is 0 Å². The highest BCUT2D eigenvalue weighted by Gasteiger charge is 2.19. The first-order chi connectivity index (χ1) is 8.96. The van der Waals surface area contributed by atoms with Gasteiger partial charge in [-0.1, -0.05) is 39.0 Å². The molecule has 0 radical (unpaired) electrons. The van der Waals surface area contributed by atoms with Crippen LogP contribution >= 0.6 is 0 Å². The number of nitrogens with two attached hydrogens (primary N) is 1. The number of aryl methyl sites for hydroxylation is 1. The van der Waals surface area contributed by atoms with Crippen molar-refractivity contribution in [3.8, 4) is 5.75 Å². The standard InChI is InChI=1S/C16H27NO2/c1-13-7-5-8-14(16(2,3)4)15(13)19-12-6-9-17-10-11-18/h5,7-8,17-18H,6,9-12H2,1-4H3/p+1. The molecule has 19 heavy (non-hydrogen) atoms. The Labute approximate surface area is 117 Å². The third-order valence-electron chi connectivity index (χ3n) is 3.15. The molecule has 0 fully saturated rings. The number of para-hydroxylation sites is 1. The van der Waals surface area contributed by atoms with Crippen molar-refractivity contribution in [3.63, 3.8) is 0 Å². The van der Waals surface area contributed by atoms with Gasteiger partial charge < -0.3 is 15.2 Å². The normalized spacial score (nSPS) is 11.6. The third-order valence-corrected chi connectivity index (χ3v) is 3.15. The molecule has 0 amide bonds. The van der Waals surface area contributed by atoms with E-state index in [1.54, 1.807) is 0 Å². The second kappa shape index (κ2) is 7.51. The Morgan fingerprint density at radius 1 is 1.21 bits per heavy atom. The molecule has 0 aromatic heterocycles. The Kier molecular flexibility index (Phi) is 6.32. The summed E-state index contributed by atoms with van der Waals surface area (Å²) in [6.45, 7) is 11.5. The van der Waals surface area contributed by atoms with Crippen LogP contribution < -0.4 is 10.1 Å². The van der Waals surface area contributed by atoms with Gasteiger partial charge in [0.1, 0.15) is 5.75 Å². The van der Waals surface area contributed by atoms with Gasteiger partial charge in [-0.3, -0.25) is 0 Å². The van der Waals surface area contributed by atoms with Gasteiger partial charge in [-0.15, -0.1) is 0 Å².